The second-order valence-corrected chi connectivity index (χ2v) is 1.70. The van der Waals surface area contributed by atoms with Crippen LogP contribution in [0.4, 0.5) is 0 Å². The van der Waals surface area contributed by atoms with Crippen LogP contribution in [-0.4, -0.2) is 25.3 Å². The topological polar surface area (TPSA) is 68.3 Å². The second-order valence-electron chi connectivity index (χ2n) is 1.70. The third-order valence-electron chi connectivity index (χ3n) is 0.890. The molecule has 12 heavy (non-hydrogen) atoms. The maximum absolute atomic E-state index is 6.99. The molecular formula is C6H14ClN2NaO2. The number of halogens is 1. The number of ether oxygens (including phenoxy) is 2. The van der Waals surface area contributed by atoms with Gasteiger partial charge in [0.25, 0.3) is 0 Å². The van der Waals surface area contributed by atoms with E-state index in [1.54, 1.807) is 0 Å². The molecule has 0 unspecified atom stereocenters. The second kappa shape index (κ2) is 11.7. The molecule has 3 N–H and O–H groups in total. The standard InChI is InChI=1S/C6H14N2O2.ClH.Na/c1-3-9-6(5(7)8)10-4-2;;/h6H,3-4H2,1-2H3,(H3,7,8);1H;/q;;+1/p-1. The molecule has 0 aromatic heterocycles. The van der Waals surface area contributed by atoms with E-state index >= 15 is 0 Å². The normalized spacial score (nSPS) is 8.58. The van der Waals surface area contributed by atoms with Gasteiger partial charge in [0.05, 0.1) is 0 Å². The van der Waals surface area contributed by atoms with Crippen molar-refractivity contribution in [1.29, 1.82) is 5.41 Å². The summed E-state index contributed by atoms with van der Waals surface area (Å²) in [6.45, 7) is 4.67. The summed E-state index contributed by atoms with van der Waals surface area (Å²) >= 11 is 0. The van der Waals surface area contributed by atoms with Crippen LogP contribution in [0.5, 0.6) is 0 Å². The molecule has 0 radical (unpaired) electrons. The van der Waals surface area contributed by atoms with Gasteiger partial charge in [-0.2, -0.15) is 0 Å². The molecule has 0 aromatic rings. The van der Waals surface area contributed by atoms with Crippen molar-refractivity contribution < 1.29 is 51.4 Å². The van der Waals surface area contributed by atoms with Gasteiger partial charge in [-0.15, -0.1) is 0 Å². The van der Waals surface area contributed by atoms with Crippen molar-refractivity contribution in [2.24, 2.45) is 5.73 Å². The summed E-state index contributed by atoms with van der Waals surface area (Å²) in [6, 6.07) is 0. The Morgan fingerprint density at radius 3 is 1.83 bits per heavy atom. The quantitative estimate of drug-likeness (QED) is 0.203. The summed E-state index contributed by atoms with van der Waals surface area (Å²) in [5.41, 5.74) is 5.14. The molecule has 0 atom stereocenters. The van der Waals surface area contributed by atoms with Crippen molar-refractivity contribution >= 4 is 5.84 Å². The number of hydrogen-bond donors (Lipinski definition) is 2. The zero-order valence-corrected chi connectivity index (χ0v) is 10.5. The van der Waals surface area contributed by atoms with Crippen LogP contribution in [0.1, 0.15) is 13.8 Å². The van der Waals surface area contributed by atoms with E-state index in [1.807, 2.05) is 13.8 Å². The van der Waals surface area contributed by atoms with E-state index in [1.165, 1.54) is 0 Å². The molecule has 0 aliphatic rings. The SMILES string of the molecule is CCOC(OCC)C(=N)N.[Cl-].[Na+]. The van der Waals surface area contributed by atoms with Gasteiger partial charge in [0.2, 0.25) is 6.29 Å². The molecule has 0 heterocycles. The Kier molecular flexibility index (Phi) is 18.0. The molecular weight excluding hydrogens is 191 g/mol. The van der Waals surface area contributed by atoms with Crippen LogP contribution in [-0.2, 0) is 9.47 Å². The maximum atomic E-state index is 6.99. The minimum Gasteiger partial charge on any atom is -1.00 e. The number of nitrogens with one attached hydrogen (secondary N) is 1. The van der Waals surface area contributed by atoms with Crippen LogP contribution >= 0.6 is 0 Å². The van der Waals surface area contributed by atoms with Crippen molar-refractivity contribution in [3.63, 3.8) is 0 Å². The largest absolute Gasteiger partial charge is 1.00 e. The molecule has 0 aromatic carbocycles. The first-order valence-electron chi connectivity index (χ1n) is 3.29. The fourth-order valence-electron chi connectivity index (χ4n) is 0.530. The summed E-state index contributed by atoms with van der Waals surface area (Å²) in [4.78, 5) is 0. The molecule has 0 spiro atoms. The van der Waals surface area contributed by atoms with E-state index in [-0.39, 0.29) is 47.8 Å². The van der Waals surface area contributed by atoms with Crippen LogP contribution in [0.2, 0.25) is 0 Å². The fraction of sp³-hybridized carbons (Fsp3) is 0.833. The van der Waals surface area contributed by atoms with Gasteiger partial charge in [0.1, 0.15) is 5.84 Å². The third kappa shape index (κ3) is 8.77. The molecule has 0 aliphatic heterocycles. The van der Waals surface area contributed by atoms with Gasteiger partial charge < -0.3 is 27.6 Å². The van der Waals surface area contributed by atoms with Crippen molar-refractivity contribution in [1.82, 2.24) is 0 Å². The average molecular weight is 205 g/mol. The van der Waals surface area contributed by atoms with Crippen molar-refractivity contribution in [3.05, 3.63) is 0 Å². The number of nitrogens with two attached hydrogens (primary N) is 1. The number of hydrogen-bond acceptors (Lipinski definition) is 3. The molecule has 0 amide bonds. The number of rotatable bonds is 5. The summed E-state index contributed by atoms with van der Waals surface area (Å²) < 4.78 is 9.94. The molecule has 0 saturated carbocycles. The maximum Gasteiger partial charge on any atom is 1.00 e. The van der Waals surface area contributed by atoms with Crippen LogP contribution in [0.3, 0.4) is 0 Å². The van der Waals surface area contributed by atoms with Crippen LogP contribution in [0.25, 0.3) is 0 Å². The van der Waals surface area contributed by atoms with Crippen LogP contribution in [0.15, 0.2) is 0 Å². The third-order valence-corrected chi connectivity index (χ3v) is 0.890. The Bertz CT molecular complexity index is 110. The molecule has 6 heteroatoms. The summed E-state index contributed by atoms with van der Waals surface area (Å²) in [5.74, 6) is -0.0799. The van der Waals surface area contributed by atoms with Crippen molar-refractivity contribution in [2.75, 3.05) is 13.2 Å². The minimum atomic E-state index is -0.657. The Morgan fingerprint density at radius 2 is 1.67 bits per heavy atom. The van der Waals surface area contributed by atoms with E-state index in [2.05, 4.69) is 0 Å². The average Bonchev–Trinajstić information content (AvgIpc) is 1.87. The predicted molar refractivity (Wildman–Crippen MR) is 39.0 cm³/mol. The van der Waals surface area contributed by atoms with E-state index < -0.39 is 6.29 Å². The van der Waals surface area contributed by atoms with Crippen LogP contribution in [0, 0.1) is 5.41 Å². The van der Waals surface area contributed by atoms with Gasteiger partial charge in [0.15, 0.2) is 0 Å². The van der Waals surface area contributed by atoms with E-state index in [4.69, 9.17) is 20.6 Å². The molecule has 0 rings (SSSR count). The van der Waals surface area contributed by atoms with E-state index in [9.17, 15) is 0 Å². The van der Waals surface area contributed by atoms with Gasteiger partial charge >= 0.3 is 29.6 Å². The van der Waals surface area contributed by atoms with Gasteiger partial charge in [-0.1, -0.05) is 0 Å². The molecule has 0 fully saturated rings. The Balaban J connectivity index is -0.000000405. The van der Waals surface area contributed by atoms with Gasteiger partial charge in [0, 0.05) is 13.2 Å². The predicted octanol–water partition coefficient (Wildman–Crippen LogP) is -5.67. The molecule has 0 bridgehead atoms. The molecule has 0 aliphatic carbocycles. The Morgan fingerprint density at radius 1 is 1.33 bits per heavy atom. The minimum absolute atomic E-state index is 0. The molecule has 68 valence electrons. The zero-order valence-electron chi connectivity index (χ0n) is 7.76. The molecule has 4 nitrogen and oxygen atoms in total. The van der Waals surface area contributed by atoms with Gasteiger partial charge in [-0.3, -0.25) is 5.41 Å². The van der Waals surface area contributed by atoms with E-state index in [0.29, 0.717) is 13.2 Å². The Labute approximate surface area is 101 Å². The number of amidine groups is 1. The monoisotopic (exact) mass is 204 g/mol. The first-order valence-corrected chi connectivity index (χ1v) is 3.29. The Hall–Kier alpha value is 0.680. The summed E-state index contributed by atoms with van der Waals surface area (Å²) in [5, 5.41) is 6.99. The van der Waals surface area contributed by atoms with Gasteiger partial charge in [-0.05, 0) is 13.8 Å². The first-order chi connectivity index (χ1) is 4.72. The first kappa shape index (κ1) is 18.5. The fourth-order valence-corrected chi connectivity index (χ4v) is 0.530. The van der Waals surface area contributed by atoms with Crippen molar-refractivity contribution in [2.45, 2.75) is 20.1 Å². The zero-order chi connectivity index (χ0) is 7.98. The summed E-state index contributed by atoms with van der Waals surface area (Å²) in [6.07, 6.45) is -0.657. The van der Waals surface area contributed by atoms with Gasteiger partial charge in [-0.25, -0.2) is 0 Å². The van der Waals surface area contributed by atoms with Crippen molar-refractivity contribution in [3.8, 4) is 0 Å². The smallest absolute Gasteiger partial charge is 1.00 e. The van der Waals surface area contributed by atoms with Crippen LogP contribution < -0.4 is 47.7 Å². The molecule has 0 saturated heterocycles. The summed E-state index contributed by atoms with van der Waals surface area (Å²) in [7, 11) is 0. The van der Waals surface area contributed by atoms with E-state index in [0.717, 1.165) is 0 Å².